The second-order valence-corrected chi connectivity index (χ2v) is 6.30. The van der Waals surface area contributed by atoms with Gasteiger partial charge in [0.05, 0.1) is 27.4 Å². The highest BCUT2D eigenvalue weighted by Crippen LogP contribution is 2.29. The molecule has 2 aromatic carbocycles. The minimum absolute atomic E-state index is 0.233. The second-order valence-electron chi connectivity index (χ2n) is 6.30. The van der Waals surface area contributed by atoms with Gasteiger partial charge in [0.2, 0.25) is 0 Å². The fourth-order valence-electron chi connectivity index (χ4n) is 2.92. The minimum Gasteiger partial charge on any atom is -0.497 e. The molecule has 0 spiro atoms. The lowest BCUT2D eigenvalue weighted by atomic mass is 10.1. The molecule has 0 saturated heterocycles. The van der Waals surface area contributed by atoms with Gasteiger partial charge < -0.3 is 24.8 Å². The summed E-state index contributed by atoms with van der Waals surface area (Å²) in [7, 11) is 4.86. The van der Waals surface area contributed by atoms with Gasteiger partial charge in [0.15, 0.2) is 0 Å². The molecule has 0 bridgehead atoms. The SMILES string of the molecule is COc1ccc(OC)c(C(C)NC(=O)NCCc2cc(C)ccc2OC)c1. The topological polar surface area (TPSA) is 68.8 Å². The van der Waals surface area contributed by atoms with Crippen molar-refractivity contribution in [2.75, 3.05) is 27.9 Å². The van der Waals surface area contributed by atoms with Gasteiger partial charge in [-0.15, -0.1) is 0 Å². The van der Waals surface area contributed by atoms with Crippen LogP contribution in [-0.4, -0.2) is 33.9 Å². The Morgan fingerprint density at radius 3 is 2.37 bits per heavy atom. The van der Waals surface area contributed by atoms with E-state index in [2.05, 4.69) is 16.7 Å². The van der Waals surface area contributed by atoms with E-state index in [9.17, 15) is 4.79 Å². The zero-order chi connectivity index (χ0) is 19.8. The first kappa shape index (κ1) is 20.4. The molecule has 6 heteroatoms. The van der Waals surface area contributed by atoms with Gasteiger partial charge in [0.1, 0.15) is 17.2 Å². The molecule has 27 heavy (non-hydrogen) atoms. The zero-order valence-electron chi connectivity index (χ0n) is 16.6. The van der Waals surface area contributed by atoms with Gasteiger partial charge in [-0.2, -0.15) is 0 Å². The number of amides is 2. The van der Waals surface area contributed by atoms with Crippen LogP contribution >= 0.6 is 0 Å². The smallest absolute Gasteiger partial charge is 0.315 e. The molecule has 1 unspecified atom stereocenters. The van der Waals surface area contributed by atoms with Crippen LogP contribution < -0.4 is 24.8 Å². The van der Waals surface area contributed by atoms with E-state index in [1.807, 2.05) is 44.2 Å². The number of aryl methyl sites for hydroxylation is 1. The molecule has 0 aliphatic carbocycles. The second kappa shape index (κ2) is 9.71. The molecule has 0 aliphatic heterocycles. The zero-order valence-corrected chi connectivity index (χ0v) is 16.6. The Morgan fingerprint density at radius 1 is 1.00 bits per heavy atom. The number of rotatable bonds is 8. The van der Waals surface area contributed by atoms with Crippen molar-refractivity contribution in [2.45, 2.75) is 26.3 Å². The lowest BCUT2D eigenvalue weighted by molar-refractivity contribution is 0.237. The first-order chi connectivity index (χ1) is 13.0. The molecule has 1 atom stereocenters. The Hall–Kier alpha value is -2.89. The first-order valence-corrected chi connectivity index (χ1v) is 8.88. The third kappa shape index (κ3) is 5.54. The number of carbonyl (C=O) groups is 1. The van der Waals surface area contributed by atoms with Crippen molar-refractivity contribution in [3.63, 3.8) is 0 Å². The van der Waals surface area contributed by atoms with Crippen LogP contribution in [0.5, 0.6) is 17.2 Å². The van der Waals surface area contributed by atoms with Crippen molar-refractivity contribution in [1.82, 2.24) is 10.6 Å². The molecular weight excluding hydrogens is 344 g/mol. The maximum atomic E-state index is 12.3. The van der Waals surface area contributed by atoms with Crippen LogP contribution in [0.1, 0.15) is 29.7 Å². The van der Waals surface area contributed by atoms with Crippen molar-refractivity contribution < 1.29 is 19.0 Å². The summed E-state index contributed by atoms with van der Waals surface area (Å²) in [6.45, 7) is 4.44. The number of ether oxygens (including phenoxy) is 3. The van der Waals surface area contributed by atoms with Crippen LogP contribution in [0, 0.1) is 6.92 Å². The Balaban J connectivity index is 1.93. The molecule has 146 valence electrons. The fraction of sp³-hybridized carbons (Fsp3) is 0.381. The largest absolute Gasteiger partial charge is 0.497 e. The summed E-state index contributed by atoms with van der Waals surface area (Å²) in [6, 6.07) is 11.1. The fourth-order valence-corrected chi connectivity index (χ4v) is 2.92. The summed E-state index contributed by atoms with van der Waals surface area (Å²) in [6.07, 6.45) is 0.690. The van der Waals surface area contributed by atoms with Gasteiger partial charge >= 0.3 is 6.03 Å². The van der Waals surface area contributed by atoms with E-state index in [4.69, 9.17) is 14.2 Å². The normalized spacial score (nSPS) is 11.4. The standard InChI is InChI=1S/C21H28N2O4/c1-14-6-8-19(26-4)16(12-14)10-11-22-21(24)23-15(2)18-13-17(25-3)7-9-20(18)27-5/h6-9,12-13,15H,10-11H2,1-5H3,(H2,22,23,24). The van der Waals surface area contributed by atoms with Crippen LogP contribution in [0.3, 0.4) is 0 Å². The van der Waals surface area contributed by atoms with Gasteiger partial charge in [-0.25, -0.2) is 4.79 Å². The molecular formula is C21H28N2O4. The maximum Gasteiger partial charge on any atom is 0.315 e. The average molecular weight is 372 g/mol. The van der Waals surface area contributed by atoms with Gasteiger partial charge in [-0.3, -0.25) is 0 Å². The lowest BCUT2D eigenvalue weighted by Gasteiger charge is -2.18. The molecule has 2 N–H and O–H groups in total. The third-order valence-corrected chi connectivity index (χ3v) is 4.37. The third-order valence-electron chi connectivity index (χ3n) is 4.37. The molecule has 2 rings (SSSR count). The predicted molar refractivity (Wildman–Crippen MR) is 106 cm³/mol. The van der Waals surface area contributed by atoms with Crippen molar-refractivity contribution >= 4 is 6.03 Å². The first-order valence-electron chi connectivity index (χ1n) is 8.88. The molecule has 0 radical (unpaired) electrons. The number of carbonyl (C=O) groups excluding carboxylic acids is 1. The highest BCUT2D eigenvalue weighted by atomic mass is 16.5. The molecule has 2 aromatic rings. The Morgan fingerprint density at radius 2 is 1.70 bits per heavy atom. The Kier molecular flexibility index (Phi) is 7.34. The molecule has 6 nitrogen and oxygen atoms in total. The molecule has 0 fully saturated rings. The average Bonchev–Trinajstić information content (AvgIpc) is 2.67. The van der Waals surface area contributed by atoms with Crippen LogP contribution in [0.2, 0.25) is 0 Å². The summed E-state index contributed by atoms with van der Waals surface area (Å²) >= 11 is 0. The van der Waals surface area contributed by atoms with E-state index in [1.165, 1.54) is 0 Å². The van der Waals surface area contributed by atoms with E-state index in [0.29, 0.717) is 24.5 Å². The maximum absolute atomic E-state index is 12.3. The summed E-state index contributed by atoms with van der Waals surface area (Å²) in [5.74, 6) is 2.25. The van der Waals surface area contributed by atoms with Crippen LogP contribution in [0.15, 0.2) is 36.4 Å². The Bertz CT molecular complexity index is 777. The summed E-state index contributed by atoms with van der Waals surface area (Å²) < 4.78 is 16.0. The summed E-state index contributed by atoms with van der Waals surface area (Å²) in [4.78, 5) is 12.3. The van der Waals surface area contributed by atoms with E-state index in [1.54, 1.807) is 21.3 Å². The van der Waals surface area contributed by atoms with Gasteiger partial charge in [-0.1, -0.05) is 17.7 Å². The van der Waals surface area contributed by atoms with Gasteiger partial charge in [0.25, 0.3) is 0 Å². The molecule has 0 heterocycles. The van der Waals surface area contributed by atoms with E-state index < -0.39 is 0 Å². The minimum atomic E-state index is -0.237. The number of benzene rings is 2. The number of nitrogens with one attached hydrogen (secondary N) is 2. The van der Waals surface area contributed by atoms with Crippen molar-refractivity contribution in [3.05, 3.63) is 53.1 Å². The van der Waals surface area contributed by atoms with E-state index in [0.717, 1.165) is 22.4 Å². The highest BCUT2D eigenvalue weighted by molar-refractivity contribution is 5.74. The number of methoxy groups -OCH3 is 3. The van der Waals surface area contributed by atoms with Gasteiger partial charge in [-0.05, 0) is 50.1 Å². The van der Waals surface area contributed by atoms with E-state index in [-0.39, 0.29) is 12.1 Å². The Labute approximate surface area is 160 Å². The van der Waals surface area contributed by atoms with Crippen molar-refractivity contribution in [3.8, 4) is 17.2 Å². The van der Waals surface area contributed by atoms with Gasteiger partial charge in [0, 0.05) is 12.1 Å². The van der Waals surface area contributed by atoms with Crippen molar-refractivity contribution in [2.24, 2.45) is 0 Å². The summed E-state index contributed by atoms with van der Waals surface area (Å²) in [5.41, 5.74) is 3.08. The summed E-state index contributed by atoms with van der Waals surface area (Å²) in [5, 5.41) is 5.82. The number of urea groups is 1. The number of hydrogen-bond acceptors (Lipinski definition) is 4. The monoisotopic (exact) mass is 372 g/mol. The molecule has 0 aromatic heterocycles. The number of hydrogen-bond donors (Lipinski definition) is 2. The van der Waals surface area contributed by atoms with Crippen LogP contribution in [-0.2, 0) is 6.42 Å². The quantitative estimate of drug-likeness (QED) is 0.743. The lowest BCUT2D eigenvalue weighted by Crippen LogP contribution is -2.38. The molecule has 0 aliphatic rings. The molecule has 0 saturated carbocycles. The molecule has 2 amide bonds. The van der Waals surface area contributed by atoms with Crippen LogP contribution in [0.4, 0.5) is 4.79 Å². The van der Waals surface area contributed by atoms with Crippen LogP contribution in [0.25, 0.3) is 0 Å². The predicted octanol–water partition coefficient (Wildman–Crippen LogP) is 3.62. The van der Waals surface area contributed by atoms with Crippen molar-refractivity contribution in [1.29, 1.82) is 0 Å². The highest BCUT2D eigenvalue weighted by Gasteiger charge is 2.15. The van der Waals surface area contributed by atoms with E-state index >= 15 is 0 Å².